The highest BCUT2D eigenvalue weighted by Gasteiger charge is 2.21. The second-order valence-electron chi connectivity index (χ2n) is 7.27. The monoisotopic (exact) mass is 452 g/mol. The van der Waals surface area contributed by atoms with Gasteiger partial charge in [0.2, 0.25) is 0 Å². The van der Waals surface area contributed by atoms with Crippen molar-refractivity contribution in [2.24, 2.45) is 0 Å². The van der Waals surface area contributed by atoms with Gasteiger partial charge in [-0.05, 0) is 62.6 Å². The first kappa shape index (κ1) is 21.5. The fourth-order valence-corrected chi connectivity index (χ4v) is 3.84. The van der Waals surface area contributed by atoms with E-state index in [0.717, 1.165) is 55.7 Å². The van der Waals surface area contributed by atoms with E-state index in [2.05, 4.69) is 15.2 Å². The molecule has 0 spiro atoms. The van der Waals surface area contributed by atoms with Crippen LogP contribution in [0.15, 0.2) is 39.8 Å². The van der Waals surface area contributed by atoms with Crippen LogP contribution in [-0.2, 0) is 13.1 Å². The Balaban J connectivity index is 1.47. The molecule has 3 aromatic rings. The number of rotatable bonds is 8. The van der Waals surface area contributed by atoms with Gasteiger partial charge in [0.1, 0.15) is 33.9 Å². The van der Waals surface area contributed by atoms with E-state index in [-0.39, 0.29) is 28.3 Å². The maximum absolute atomic E-state index is 14.5. The first-order valence-electron chi connectivity index (χ1n) is 9.68. The van der Waals surface area contributed by atoms with E-state index >= 15 is 0 Å². The Labute approximate surface area is 180 Å². The van der Waals surface area contributed by atoms with Gasteiger partial charge in [-0.15, -0.1) is 0 Å². The molecule has 2 N–H and O–H groups in total. The molecule has 2 heterocycles. The number of hydrogen-bond donors (Lipinski definition) is 2. The molecule has 1 fully saturated rings. The van der Waals surface area contributed by atoms with Crippen LogP contribution in [0.1, 0.15) is 23.3 Å². The molecule has 0 amide bonds. The number of nitrogens with zero attached hydrogens (tertiary/aromatic N) is 2. The number of anilines is 2. The highest BCUT2D eigenvalue weighted by atomic mass is 32.2. The molecular weight excluding hydrogens is 432 g/mol. The van der Waals surface area contributed by atoms with E-state index < -0.39 is 23.3 Å². The molecule has 1 aliphatic heterocycles. The minimum atomic E-state index is -0.805. The highest BCUT2D eigenvalue weighted by molar-refractivity contribution is 8.00. The molecule has 4 rings (SSSR count). The van der Waals surface area contributed by atoms with Crippen LogP contribution in [0.4, 0.5) is 29.1 Å². The van der Waals surface area contributed by atoms with E-state index in [1.54, 1.807) is 13.0 Å². The predicted octanol–water partition coefficient (Wildman–Crippen LogP) is 5.48. The Kier molecular flexibility index (Phi) is 6.38. The van der Waals surface area contributed by atoms with Gasteiger partial charge in [0, 0.05) is 36.0 Å². The van der Waals surface area contributed by atoms with E-state index in [1.165, 1.54) is 0 Å². The normalized spacial score (nSPS) is 13.8. The van der Waals surface area contributed by atoms with Gasteiger partial charge in [0.15, 0.2) is 5.82 Å². The largest absolute Gasteiger partial charge is 0.381 e. The van der Waals surface area contributed by atoms with Gasteiger partial charge in [-0.1, -0.05) is 5.16 Å². The molecule has 0 unspecified atom stereocenters. The second-order valence-corrected chi connectivity index (χ2v) is 8.08. The lowest BCUT2D eigenvalue weighted by Gasteiger charge is -2.31. The first-order chi connectivity index (χ1) is 14.9. The van der Waals surface area contributed by atoms with E-state index in [4.69, 9.17) is 4.52 Å². The topological polar surface area (TPSA) is 53.3 Å². The van der Waals surface area contributed by atoms with Crippen molar-refractivity contribution in [1.29, 1.82) is 0 Å². The number of hydrogen-bond acceptors (Lipinski definition) is 6. The molecule has 5 nitrogen and oxygen atoms in total. The van der Waals surface area contributed by atoms with Crippen LogP contribution in [0.3, 0.4) is 0 Å². The molecule has 0 atom stereocenters. The average molecular weight is 452 g/mol. The summed E-state index contributed by atoms with van der Waals surface area (Å²) in [6, 6.07) is 5.96. The van der Waals surface area contributed by atoms with Crippen molar-refractivity contribution in [3.8, 4) is 0 Å². The summed E-state index contributed by atoms with van der Waals surface area (Å²) in [6.07, 6.45) is 1.03. The van der Waals surface area contributed by atoms with Crippen LogP contribution >= 0.6 is 11.9 Å². The summed E-state index contributed by atoms with van der Waals surface area (Å²) in [5.74, 6) is -1.78. The van der Waals surface area contributed by atoms with Gasteiger partial charge >= 0.3 is 0 Å². The number of halogens is 4. The maximum atomic E-state index is 14.5. The molecule has 0 radical (unpaired) electrons. The Morgan fingerprint density at radius 2 is 1.68 bits per heavy atom. The lowest BCUT2D eigenvalue weighted by Crippen LogP contribution is -2.37. The summed E-state index contributed by atoms with van der Waals surface area (Å²) in [7, 11) is 0. The summed E-state index contributed by atoms with van der Waals surface area (Å²) in [6.45, 7) is 3.56. The molecule has 2 aromatic carbocycles. The zero-order chi connectivity index (χ0) is 22.0. The fraction of sp³-hybridized carbons (Fsp3) is 0.286. The Morgan fingerprint density at radius 3 is 2.26 bits per heavy atom. The smallest absolute Gasteiger partial charge is 0.179 e. The Morgan fingerprint density at radius 1 is 1.00 bits per heavy atom. The molecule has 0 saturated carbocycles. The number of nitrogens with one attached hydrogen (secondary N) is 2. The second kappa shape index (κ2) is 9.19. The molecule has 1 saturated heterocycles. The molecule has 0 bridgehead atoms. The molecule has 10 heteroatoms. The van der Waals surface area contributed by atoms with Crippen molar-refractivity contribution >= 4 is 23.5 Å². The van der Waals surface area contributed by atoms with E-state index in [0.29, 0.717) is 18.1 Å². The van der Waals surface area contributed by atoms with Crippen molar-refractivity contribution < 1.29 is 22.1 Å². The van der Waals surface area contributed by atoms with Gasteiger partial charge in [0.05, 0.1) is 0 Å². The van der Waals surface area contributed by atoms with Gasteiger partial charge < -0.3 is 14.6 Å². The third kappa shape index (κ3) is 4.96. The molecule has 1 aliphatic rings. The molecular formula is C21H20F4N4OS. The summed E-state index contributed by atoms with van der Waals surface area (Å²) in [4.78, 5) is 1.76. The summed E-state index contributed by atoms with van der Waals surface area (Å²) in [5, 5.41) is 6.49. The van der Waals surface area contributed by atoms with Crippen LogP contribution < -0.4 is 10.0 Å². The third-order valence-electron chi connectivity index (χ3n) is 5.00. The molecule has 164 valence electrons. The lowest BCUT2D eigenvalue weighted by molar-refractivity contribution is 0.169. The number of benzene rings is 2. The third-order valence-corrected chi connectivity index (χ3v) is 5.91. The number of aryl methyl sites for hydroxylation is 1. The molecule has 1 aromatic heterocycles. The van der Waals surface area contributed by atoms with E-state index in [9.17, 15) is 17.6 Å². The predicted molar refractivity (Wildman–Crippen MR) is 111 cm³/mol. The van der Waals surface area contributed by atoms with Crippen LogP contribution in [0.5, 0.6) is 0 Å². The number of likely N-dealkylation sites (tertiary alicyclic amines) is 1. The number of aromatic nitrogens is 1. The zero-order valence-corrected chi connectivity index (χ0v) is 17.5. The Bertz CT molecular complexity index is 1060. The minimum Gasteiger partial charge on any atom is -0.381 e. The Hall–Kier alpha value is -2.72. The van der Waals surface area contributed by atoms with Crippen molar-refractivity contribution in [3.05, 3.63) is 70.5 Å². The van der Waals surface area contributed by atoms with Crippen molar-refractivity contribution in [2.75, 3.05) is 23.1 Å². The first-order valence-corrected chi connectivity index (χ1v) is 10.5. The van der Waals surface area contributed by atoms with Gasteiger partial charge in [0.25, 0.3) is 0 Å². The van der Waals surface area contributed by atoms with Gasteiger partial charge in [-0.3, -0.25) is 4.90 Å². The summed E-state index contributed by atoms with van der Waals surface area (Å²) >= 11 is 0.720. The van der Waals surface area contributed by atoms with Crippen LogP contribution in [0.25, 0.3) is 0 Å². The molecule has 31 heavy (non-hydrogen) atoms. The van der Waals surface area contributed by atoms with Crippen LogP contribution in [-0.4, -0.2) is 23.1 Å². The standard InChI is InChI=1S/C21H20F4N4OS/c1-12-7-20(27-30-12)28-31-21-18(24)8-13(9-19(21)25)26-10-14-15(11-29-5-2-6-29)17(23)4-3-16(14)22/h3-4,7-9,26H,2,5-6,10-11H2,1H3,(H,27,28). The van der Waals surface area contributed by atoms with E-state index in [1.807, 2.05) is 4.90 Å². The quantitative estimate of drug-likeness (QED) is 0.349. The van der Waals surface area contributed by atoms with Crippen LogP contribution in [0, 0.1) is 30.2 Å². The fourth-order valence-electron chi connectivity index (χ4n) is 3.23. The zero-order valence-electron chi connectivity index (χ0n) is 16.6. The summed E-state index contributed by atoms with van der Waals surface area (Å²) in [5.41, 5.74) is 0.525. The highest BCUT2D eigenvalue weighted by Crippen LogP contribution is 2.30. The minimum absolute atomic E-state index is 0.103. The van der Waals surface area contributed by atoms with Crippen molar-refractivity contribution in [2.45, 2.75) is 31.3 Å². The van der Waals surface area contributed by atoms with Gasteiger partial charge in [-0.25, -0.2) is 17.6 Å². The van der Waals surface area contributed by atoms with Crippen molar-refractivity contribution in [1.82, 2.24) is 10.1 Å². The van der Waals surface area contributed by atoms with Crippen molar-refractivity contribution in [3.63, 3.8) is 0 Å². The average Bonchev–Trinajstić information content (AvgIpc) is 3.10. The SMILES string of the molecule is Cc1cc(NSc2c(F)cc(NCc3c(F)ccc(F)c3CN3CCC3)cc2F)no1. The maximum Gasteiger partial charge on any atom is 0.179 e. The summed E-state index contributed by atoms with van der Waals surface area (Å²) < 4.78 is 65.2. The molecule has 0 aliphatic carbocycles. The van der Waals surface area contributed by atoms with Gasteiger partial charge in [-0.2, -0.15) is 0 Å². The lowest BCUT2D eigenvalue weighted by atomic mass is 10.0. The van der Waals surface area contributed by atoms with Crippen LogP contribution in [0.2, 0.25) is 0 Å².